The Morgan fingerprint density at radius 3 is 2.57 bits per heavy atom. The lowest BCUT2D eigenvalue weighted by molar-refractivity contribution is 0.0681. The first kappa shape index (κ1) is 13.5. The van der Waals surface area contributed by atoms with Crippen LogP contribution in [0.3, 0.4) is 0 Å². The van der Waals surface area contributed by atoms with Crippen molar-refractivity contribution in [2.24, 2.45) is 7.05 Å². The van der Waals surface area contributed by atoms with Gasteiger partial charge in [-0.25, -0.2) is 0 Å². The molecule has 0 atom stereocenters. The molecular weight excluding hydrogens is 270 g/mol. The minimum atomic E-state index is -0.252. The molecule has 3 rings (SSSR count). The van der Waals surface area contributed by atoms with E-state index in [-0.39, 0.29) is 23.1 Å². The van der Waals surface area contributed by atoms with Gasteiger partial charge >= 0.3 is 0 Å². The van der Waals surface area contributed by atoms with Crippen LogP contribution in [0.15, 0.2) is 35.5 Å². The van der Waals surface area contributed by atoms with Gasteiger partial charge in [0.2, 0.25) is 0 Å². The molecule has 1 aliphatic rings. The Morgan fingerprint density at radius 2 is 1.90 bits per heavy atom. The Hall–Kier alpha value is -2.44. The van der Waals surface area contributed by atoms with E-state index < -0.39 is 0 Å². The van der Waals surface area contributed by atoms with Gasteiger partial charge in [-0.3, -0.25) is 9.59 Å². The summed E-state index contributed by atoms with van der Waals surface area (Å²) in [5, 5.41) is 8.28. The average Bonchev–Trinajstić information content (AvgIpc) is 3.04. The molecule has 7 nitrogen and oxygen atoms in total. The van der Waals surface area contributed by atoms with Crippen molar-refractivity contribution in [1.82, 2.24) is 24.5 Å². The number of piperidine rings is 1. The third-order valence-corrected chi connectivity index (χ3v) is 3.87. The topological polar surface area (TPSA) is 73.0 Å². The van der Waals surface area contributed by atoms with E-state index in [9.17, 15) is 9.59 Å². The lowest BCUT2D eigenvalue weighted by Crippen LogP contribution is -2.41. The van der Waals surface area contributed by atoms with Crippen LogP contribution < -0.4 is 5.56 Å². The number of carbonyl (C=O) groups excluding carboxylic acids is 1. The lowest BCUT2D eigenvalue weighted by Gasteiger charge is -2.31. The normalized spacial score (nSPS) is 16.1. The van der Waals surface area contributed by atoms with Crippen LogP contribution in [0.4, 0.5) is 0 Å². The van der Waals surface area contributed by atoms with Gasteiger partial charge in [-0.1, -0.05) is 0 Å². The molecule has 2 aromatic heterocycles. The van der Waals surface area contributed by atoms with Gasteiger partial charge in [0, 0.05) is 26.3 Å². The van der Waals surface area contributed by atoms with Crippen LogP contribution >= 0.6 is 0 Å². The number of rotatable bonds is 2. The molecule has 0 radical (unpaired) electrons. The molecule has 1 saturated heterocycles. The van der Waals surface area contributed by atoms with Crippen molar-refractivity contribution < 1.29 is 4.79 Å². The predicted molar refractivity (Wildman–Crippen MR) is 75.9 cm³/mol. The molecule has 110 valence electrons. The molecule has 2 aromatic rings. The van der Waals surface area contributed by atoms with Crippen molar-refractivity contribution >= 4 is 5.91 Å². The maximum atomic E-state index is 12.4. The van der Waals surface area contributed by atoms with Crippen LogP contribution in [-0.2, 0) is 7.05 Å². The van der Waals surface area contributed by atoms with E-state index in [1.807, 2.05) is 0 Å². The Labute approximate surface area is 121 Å². The van der Waals surface area contributed by atoms with Gasteiger partial charge in [0.25, 0.3) is 11.5 Å². The first-order valence-electron chi connectivity index (χ1n) is 6.97. The number of nitrogens with zero attached hydrogens (tertiary/aromatic N) is 5. The summed E-state index contributed by atoms with van der Waals surface area (Å²) in [4.78, 5) is 27.9. The van der Waals surface area contributed by atoms with Crippen LogP contribution in [0.25, 0.3) is 0 Å². The number of hydrogen-bond acceptors (Lipinski definition) is 4. The molecule has 0 bridgehead atoms. The first-order valence-corrected chi connectivity index (χ1v) is 6.97. The van der Waals surface area contributed by atoms with Gasteiger partial charge in [0.15, 0.2) is 0 Å². The van der Waals surface area contributed by atoms with Gasteiger partial charge in [0.05, 0.1) is 18.4 Å². The van der Waals surface area contributed by atoms with Crippen LogP contribution in [0.2, 0.25) is 0 Å². The number of aromatic nitrogens is 4. The highest BCUT2D eigenvalue weighted by Crippen LogP contribution is 2.21. The second-order valence-electron chi connectivity index (χ2n) is 5.21. The largest absolute Gasteiger partial charge is 0.338 e. The summed E-state index contributed by atoms with van der Waals surface area (Å²) in [6.45, 7) is 1.23. The molecule has 0 saturated carbocycles. The summed E-state index contributed by atoms with van der Waals surface area (Å²) in [5.41, 5.74) is -0.0194. The number of aryl methyl sites for hydroxylation is 1. The van der Waals surface area contributed by atoms with Crippen molar-refractivity contribution in [3.05, 3.63) is 46.6 Å². The lowest BCUT2D eigenvalue weighted by atomic mass is 10.0. The molecule has 0 spiro atoms. The van der Waals surface area contributed by atoms with Crippen molar-refractivity contribution in [2.75, 3.05) is 13.1 Å². The minimum Gasteiger partial charge on any atom is -0.338 e. The summed E-state index contributed by atoms with van der Waals surface area (Å²) >= 11 is 0. The van der Waals surface area contributed by atoms with Crippen LogP contribution in [-0.4, -0.2) is 43.5 Å². The monoisotopic (exact) mass is 287 g/mol. The number of likely N-dealkylation sites (tertiary alicyclic amines) is 1. The van der Waals surface area contributed by atoms with Gasteiger partial charge < -0.3 is 9.47 Å². The summed E-state index contributed by atoms with van der Waals surface area (Å²) in [6, 6.07) is 3.53. The molecule has 0 unspecified atom stereocenters. The summed E-state index contributed by atoms with van der Waals surface area (Å²) in [7, 11) is 1.65. The van der Waals surface area contributed by atoms with Crippen molar-refractivity contribution in [2.45, 2.75) is 18.9 Å². The SMILES string of the molecule is Cn1cccc(C(=O)N2CCC(n3nccn3)CC2)c1=O. The Balaban J connectivity index is 1.71. The van der Waals surface area contributed by atoms with Gasteiger partial charge in [-0.15, -0.1) is 0 Å². The average molecular weight is 287 g/mol. The van der Waals surface area contributed by atoms with E-state index in [2.05, 4.69) is 10.2 Å². The number of hydrogen-bond donors (Lipinski definition) is 0. The first-order chi connectivity index (χ1) is 10.2. The molecule has 0 aromatic carbocycles. The van der Waals surface area contributed by atoms with E-state index >= 15 is 0 Å². The summed E-state index contributed by atoms with van der Waals surface area (Å²) in [6.07, 6.45) is 6.56. The molecule has 1 amide bonds. The highest BCUT2D eigenvalue weighted by molar-refractivity contribution is 5.93. The third kappa shape index (κ3) is 2.58. The molecule has 3 heterocycles. The number of amides is 1. The van der Waals surface area contributed by atoms with E-state index in [1.165, 1.54) is 4.57 Å². The Morgan fingerprint density at radius 1 is 1.24 bits per heavy atom. The molecule has 1 aliphatic heterocycles. The third-order valence-electron chi connectivity index (χ3n) is 3.87. The van der Waals surface area contributed by atoms with E-state index in [4.69, 9.17) is 0 Å². The fourth-order valence-corrected chi connectivity index (χ4v) is 2.64. The molecule has 0 N–H and O–H groups in total. The smallest absolute Gasteiger partial charge is 0.263 e. The fraction of sp³-hybridized carbons (Fsp3) is 0.429. The summed E-state index contributed by atoms with van der Waals surface area (Å²) < 4.78 is 1.42. The van der Waals surface area contributed by atoms with Crippen LogP contribution in [0.1, 0.15) is 29.2 Å². The maximum absolute atomic E-state index is 12.4. The van der Waals surface area contributed by atoms with Crippen molar-refractivity contribution in [3.63, 3.8) is 0 Å². The zero-order valence-electron chi connectivity index (χ0n) is 11.8. The Kier molecular flexibility index (Phi) is 3.55. The molecule has 7 heteroatoms. The van der Waals surface area contributed by atoms with Gasteiger partial charge in [0.1, 0.15) is 5.56 Å². The maximum Gasteiger partial charge on any atom is 0.263 e. The van der Waals surface area contributed by atoms with Gasteiger partial charge in [-0.05, 0) is 25.0 Å². The van der Waals surface area contributed by atoms with Gasteiger partial charge in [-0.2, -0.15) is 15.0 Å². The minimum absolute atomic E-state index is 0.192. The Bertz CT molecular complexity index is 684. The van der Waals surface area contributed by atoms with Crippen LogP contribution in [0.5, 0.6) is 0 Å². The zero-order chi connectivity index (χ0) is 14.8. The highest BCUT2D eigenvalue weighted by atomic mass is 16.2. The second-order valence-corrected chi connectivity index (χ2v) is 5.21. The molecule has 0 aliphatic carbocycles. The highest BCUT2D eigenvalue weighted by Gasteiger charge is 2.26. The standard InChI is InChI=1S/C14H17N5O2/c1-17-8-2-3-12(13(17)20)14(21)18-9-4-11(5-10-18)19-15-6-7-16-19/h2-3,6-8,11H,4-5,9-10H2,1H3. The van der Waals surface area contributed by atoms with E-state index in [0.717, 1.165) is 12.8 Å². The number of pyridine rings is 1. The fourth-order valence-electron chi connectivity index (χ4n) is 2.64. The second kappa shape index (κ2) is 5.51. The van der Waals surface area contributed by atoms with E-state index in [1.54, 1.807) is 47.5 Å². The van der Waals surface area contributed by atoms with E-state index in [0.29, 0.717) is 13.1 Å². The van der Waals surface area contributed by atoms with Crippen molar-refractivity contribution in [1.29, 1.82) is 0 Å². The molecule has 1 fully saturated rings. The molecular formula is C14H17N5O2. The van der Waals surface area contributed by atoms with Crippen molar-refractivity contribution in [3.8, 4) is 0 Å². The molecule has 21 heavy (non-hydrogen) atoms. The zero-order valence-corrected chi connectivity index (χ0v) is 11.8. The number of carbonyl (C=O) groups is 1. The van der Waals surface area contributed by atoms with Crippen LogP contribution in [0, 0.1) is 0 Å². The summed E-state index contributed by atoms with van der Waals surface area (Å²) in [5.74, 6) is -0.192. The quantitative estimate of drug-likeness (QED) is 0.804. The predicted octanol–water partition coefficient (Wildman–Crippen LogP) is 0.454.